The summed E-state index contributed by atoms with van der Waals surface area (Å²) in [6.07, 6.45) is 0. The number of hydrogen-bond acceptors (Lipinski definition) is 2. The van der Waals surface area contributed by atoms with Crippen LogP contribution in [0.25, 0.3) is 0 Å². The molecule has 0 atom stereocenters. The molecule has 2 aromatic carbocycles. The van der Waals surface area contributed by atoms with Crippen molar-refractivity contribution in [1.82, 2.24) is 0 Å². The summed E-state index contributed by atoms with van der Waals surface area (Å²) in [5, 5.41) is 3.35. The molecule has 0 amide bonds. The number of anilines is 2. The van der Waals surface area contributed by atoms with Crippen LogP contribution in [0.5, 0.6) is 0 Å². The van der Waals surface area contributed by atoms with Crippen molar-refractivity contribution in [3.63, 3.8) is 0 Å². The van der Waals surface area contributed by atoms with Crippen molar-refractivity contribution in [2.45, 2.75) is 6.54 Å². The van der Waals surface area contributed by atoms with Crippen LogP contribution < -0.4 is 15.4 Å². The molecule has 3 N–H and O–H groups in total. The van der Waals surface area contributed by atoms with Gasteiger partial charge in [0.1, 0.15) is 0 Å². The Morgan fingerprint density at radius 3 is 2.62 bits per heavy atom. The third-order valence-electron chi connectivity index (χ3n) is 2.36. The van der Waals surface area contributed by atoms with Crippen LogP contribution in [0.2, 0.25) is 0 Å². The molecule has 2 rings (SSSR count). The molecule has 0 saturated carbocycles. The summed E-state index contributed by atoms with van der Waals surface area (Å²) in [5.74, 6) is 0. The average molecular weight is 272 g/mol. The van der Waals surface area contributed by atoms with Gasteiger partial charge in [0.2, 0.25) is 0 Å². The molecule has 0 spiro atoms. The van der Waals surface area contributed by atoms with Gasteiger partial charge in [-0.05, 0) is 0 Å². The van der Waals surface area contributed by atoms with Crippen LogP contribution >= 0.6 is 0 Å². The second-order valence-electron chi connectivity index (χ2n) is 3.61. The van der Waals surface area contributed by atoms with Gasteiger partial charge in [0.05, 0.1) is 0 Å². The summed E-state index contributed by atoms with van der Waals surface area (Å²) in [4.78, 5) is 0. The first-order chi connectivity index (χ1) is 7.75. The number of hydrogen-bond donors (Lipinski definition) is 2. The first-order valence-electron chi connectivity index (χ1n) is 5.12. The summed E-state index contributed by atoms with van der Waals surface area (Å²) in [6.45, 7) is 0.814. The number of nitrogens with two attached hydrogens (primary N) is 1. The first-order valence-corrected chi connectivity index (χ1v) is 6.06. The standard InChI is InChI=1S/C13H13AsN2/c14-13-7-2-1-4-10(13)9-16-12-6-3-5-11(15)8-12/h1-8,16H,9,15H2. The zero-order chi connectivity index (χ0) is 11.4. The predicted octanol–water partition coefficient (Wildman–Crippen LogP) is 1.67. The van der Waals surface area contributed by atoms with Crippen LogP contribution in [0.15, 0.2) is 48.5 Å². The summed E-state index contributed by atoms with van der Waals surface area (Å²) in [5.41, 5.74) is 8.83. The van der Waals surface area contributed by atoms with Gasteiger partial charge in [-0.2, -0.15) is 0 Å². The van der Waals surface area contributed by atoms with E-state index in [4.69, 9.17) is 5.73 Å². The Balaban J connectivity index is 2.05. The van der Waals surface area contributed by atoms with Crippen LogP contribution in [0.4, 0.5) is 11.4 Å². The third kappa shape index (κ3) is 2.80. The normalized spacial score (nSPS) is 10.1. The molecule has 2 aromatic rings. The van der Waals surface area contributed by atoms with E-state index in [-0.39, 0.29) is 0 Å². The Kier molecular flexibility index (Phi) is 3.53. The van der Waals surface area contributed by atoms with Crippen molar-refractivity contribution >= 4 is 32.6 Å². The van der Waals surface area contributed by atoms with Crippen molar-refractivity contribution in [1.29, 1.82) is 0 Å². The van der Waals surface area contributed by atoms with Gasteiger partial charge in [-0.15, -0.1) is 0 Å². The van der Waals surface area contributed by atoms with Gasteiger partial charge >= 0.3 is 104 Å². The van der Waals surface area contributed by atoms with Gasteiger partial charge in [0.25, 0.3) is 0 Å². The van der Waals surface area contributed by atoms with Crippen molar-refractivity contribution in [3.05, 3.63) is 54.1 Å². The van der Waals surface area contributed by atoms with Gasteiger partial charge in [-0.1, -0.05) is 0 Å². The zero-order valence-electron chi connectivity index (χ0n) is 8.85. The number of nitrogens with one attached hydrogen (secondary N) is 1. The number of benzene rings is 2. The molecule has 0 heterocycles. The molecule has 0 aromatic heterocycles. The van der Waals surface area contributed by atoms with E-state index in [1.165, 1.54) is 9.91 Å². The summed E-state index contributed by atoms with van der Waals surface area (Å²) in [7, 11) is 0. The van der Waals surface area contributed by atoms with E-state index in [1.807, 2.05) is 36.4 Å². The summed E-state index contributed by atoms with van der Waals surface area (Å²) >= 11 is 2.59. The van der Waals surface area contributed by atoms with E-state index < -0.39 is 0 Å². The van der Waals surface area contributed by atoms with E-state index >= 15 is 0 Å². The molecular formula is C13H13AsN2. The zero-order valence-corrected chi connectivity index (χ0v) is 10.7. The van der Waals surface area contributed by atoms with Crippen LogP contribution in [-0.2, 0) is 6.54 Å². The third-order valence-corrected chi connectivity index (χ3v) is 3.28. The first kappa shape index (κ1) is 11.1. The predicted molar refractivity (Wildman–Crippen MR) is 70.0 cm³/mol. The number of rotatable bonds is 3. The van der Waals surface area contributed by atoms with Crippen molar-refractivity contribution in [2.24, 2.45) is 0 Å². The fourth-order valence-corrected chi connectivity index (χ4v) is 2.01. The van der Waals surface area contributed by atoms with E-state index in [0.29, 0.717) is 0 Å². The maximum absolute atomic E-state index is 5.71. The maximum atomic E-state index is 5.71. The van der Waals surface area contributed by atoms with Crippen LogP contribution in [-0.4, -0.2) is 16.9 Å². The van der Waals surface area contributed by atoms with Crippen molar-refractivity contribution < 1.29 is 0 Å². The average Bonchev–Trinajstić information content (AvgIpc) is 2.28. The molecule has 3 heteroatoms. The summed E-state index contributed by atoms with van der Waals surface area (Å²) in [6, 6.07) is 16.1. The molecule has 2 radical (unpaired) electrons. The van der Waals surface area contributed by atoms with Crippen LogP contribution in [0, 0.1) is 0 Å². The molecule has 16 heavy (non-hydrogen) atoms. The van der Waals surface area contributed by atoms with Gasteiger partial charge in [-0.25, -0.2) is 0 Å². The van der Waals surface area contributed by atoms with E-state index in [0.717, 1.165) is 17.9 Å². The molecule has 0 aliphatic rings. The van der Waals surface area contributed by atoms with Gasteiger partial charge < -0.3 is 0 Å². The van der Waals surface area contributed by atoms with E-state index in [1.54, 1.807) is 0 Å². The molecule has 80 valence electrons. The van der Waals surface area contributed by atoms with E-state index in [2.05, 4.69) is 34.3 Å². The van der Waals surface area contributed by atoms with Crippen molar-refractivity contribution in [2.75, 3.05) is 11.1 Å². The topological polar surface area (TPSA) is 38.0 Å². The van der Waals surface area contributed by atoms with Gasteiger partial charge in [0, 0.05) is 0 Å². The molecular weight excluding hydrogens is 259 g/mol. The second-order valence-corrected chi connectivity index (χ2v) is 4.62. The monoisotopic (exact) mass is 272 g/mol. The van der Waals surface area contributed by atoms with Crippen molar-refractivity contribution in [3.8, 4) is 0 Å². The quantitative estimate of drug-likeness (QED) is 0.659. The van der Waals surface area contributed by atoms with Gasteiger partial charge in [0.15, 0.2) is 0 Å². The Morgan fingerprint density at radius 2 is 1.88 bits per heavy atom. The Bertz CT molecular complexity index is 483. The molecule has 0 aliphatic carbocycles. The molecule has 0 unspecified atom stereocenters. The minimum atomic E-state index is 0.783. The fraction of sp³-hybridized carbons (Fsp3) is 0.0769. The molecule has 0 bridgehead atoms. The Morgan fingerprint density at radius 1 is 1.06 bits per heavy atom. The molecule has 2 nitrogen and oxygen atoms in total. The molecule has 0 aliphatic heterocycles. The molecule has 0 saturated heterocycles. The Hall–Kier alpha value is -1.40. The second kappa shape index (κ2) is 5.09. The van der Waals surface area contributed by atoms with Crippen LogP contribution in [0.3, 0.4) is 0 Å². The minimum absolute atomic E-state index is 0.783. The SMILES string of the molecule is Nc1cccc(NCc2ccccc2[As])c1. The molecule has 0 fully saturated rings. The summed E-state index contributed by atoms with van der Waals surface area (Å²) < 4.78 is 1.24. The Labute approximate surface area is 104 Å². The van der Waals surface area contributed by atoms with Gasteiger partial charge in [-0.3, -0.25) is 0 Å². The fourth-order valence-electron chi connectivity index (χ4n) is 1.51. The van der Waals surface area contributed by atoms with E-state index in [9.17, 15) is 0 Å². The number of nitrogen functional groups attached to an aromatic ring is 1. The van der Waals surface area contributed by atoms with Crippen LogP contribution in [0.1, 0.15) is 5.56 Å².